The lowest BCUT2D eigenvalue weighted by Gasteiger charge is -2.25. The van der Waals surface area contributed by atoms with E-state index >= 15 is 0 Å². The standard InChI is InChI=1S/C14H18ClN3O3/c1-16-7-3-4-11(16)9-17(2)14(19)10-5-6-12(15)13(8-10)18(20)21/h5-6,8,11H,3-4,7,9H2,1-2H3. The van der Waals surface area contributed by atoms with Crippen LogP contribution in [-0.4, -0.2) is 53.9 Å². The predicted octanol–water partition coefficient (Wildman–Crippen LogP) is 2.41. The largest absolute Gasteiger partial charge is 0.340 e. The monoisotopic (exact) mass is 311 g/mol. The second-order valence-corrected chi connectivity index (χ2v) is 5.79. The summed E-state index contributed by atoms with van der Waals surface area (Å²) in [6.45, 7) is 1.66. The normalized spacial score (nSPS) is 18.7. The van der Waals surface area contributed by atoms with Crippen LogP contribution in [0.3, 0.4) is 0 Å². The average molecular weight is 312 g/mol. The van der Waals surface area contributed by atoms with Gasteiger partial charge in [-0.1, -0.05) is 11.6 Å². The lowest BCUT2D eigenvalue weighted by molar-refractivity contribution is -0.384. The van der Waals surface area contributed by atoms with Gasteiger partial charge in [0.05, 0.1) is 4.92 Å². The molecular weight excluding hydrogens is 294 g/mol. The van der Waals surface area contributed by atoms with E-state index in [1.165, 1.54) is 18.2 Å². The Balaban J connectivity index is 2.12. The van der Waals surface area contributed by atoms with Crippen molar-refractivity contribution in [2.24, 2.45) is 0 Å². The van der Waals surface area contributed by atoms with Gasteiger partial charge in [-0.15, -0.1) is 0 Å². The Bertz CT molecular complexity index is 564. The molecule has 1 saturated heterocycles. The van der Waals surface area contributed by atoms with Crippen molar-refractivity contribution in [3.05, 3.63) is 38.9 Å². The number of nitro groups is 1. The molecule has 0 saturated carbocycles. The minimum atomic E-state index is -0.580. The maximum absolute atomic E-state index is 12.4. The minimum Gasteiger partial charge on any atom is -0.340 e. The summed E-state index contributed by atoms with van der Waals surface area (Å²) in [5.74, 6) is -0.227. The van der Waals surface area contributed by atoms with Crippen molar-refractivity contribution in [2.75, 3.05) is 27.2 Å². The van der Waals surface area contributed by atoms with E-state index in [1.54, 1.807) is 11.9 Å². The maximum Gasteiger partial charge on any atom is 0.288 e. The molecule has 0 aromatic heterocycles. The van der Waals surface area contributed by atoms with Gasteiger partial charge < -0.3 is 9.80 Å². The summed E-state index contributed by atoms with van der Waals surface area (Å²) in [7, 11) is 3.76. The molecule has 1 atom stereocenters. The van der Waals surface area contributed by atoms with E-state index in [9.17, 15) is 14.9 Å². The summed E-state index contributed by atoms with van der Waals surface area (Å²) in [4.78, 5) is 26.5. The first-order valence-electron chi connectivity index (χ1n) is 6.80. The van der Waals surface area contributed by atoms with Crippen molar-refractivity contribution in [3.8, 4) is 0 Å². The van der Waals surface area contributed by atoms with Gasteiger partial charge in [-0.05, 0) is 38.6 Å². The van der Waals surface area contributed by atoms with Crippen LogP contribution in [0.4, 0.5) is 5.69 Å². The molecule has 0 N–H and O–H groups in total. The highest BCUT2D eigenvalue weighted by Crippen LogP contribution is 2.26. The number of carbonyl (C=O) groups excluding carboxylic acids is 1. The molecule has 0 radical (unpaired) electrons. The van der Waals surface area contributed by atoms with Crippen LogP contribution < -0.4 is 0 Å². The molecule has 1 aliphatic heterocycles. The number of amides is 1. The fraction of sp³-hybridized carbons (Fsp3) is 0.500. The number of nitrogens with zero attached hydrogens (tertiary/aromatic N) is 3. The quantitative estimate of drug-likeness (QED) is 0.632. The Morgan fingerprint density at radius 1 is 1.57 bits per heavy atom. The first-order valence-corrected chi connectivity index (χ1v) is 7.17. The third kappa shape index (κ3) is 3.51. The number of rotatable bonds is 4. The van der Waals surface area contributed by atoms with Crippen molar-refractivity contribution in [1.82, 2.24) is 9.80 Å². The molecule has 2 rings (SSSR count). The van der Waals surface area contributed by atoms with Gasteiger partial charge in [0.15, 0.2) is 0 Å². The van der Waals surface area contributed by atoms with Crippen LogP contribution >= 0.6 is 11.6 Å². The van der Waals surface area contributed by atoms with Crippen molar-refractivity contribution in [1.29, 1.82) is 0 Å². The summed E-state index contributed by atoms with van der Waals surface area (Å²) in [5, 5.41) is 10.9. The van der Waals surface area contributed by atoms with Crippen LogP contribution in [0.1, 0.15) is 23.2 Å². The van der Waals surface area contributed by atoms with Crippen molar-refractivity contribution < 1.29 is 9.72 Å². The number of hydrogen-bond acceptors (Lipinski definition) is 4. The van der Waals surface area contributed by atoms with E-state index in [-0.39, 0.29) is 22.2 Å². The third-order valence-corrected chi connectivity index (χ3v) is 4.21. The van der Waals surface area contributed by atoms with Gasteiger partial charge in [0.25, 0.3) is 11.6 Å². The second kappa shape index (κ2) is 6.41. The predicted molar refractivity (Wildman–Crippen MR) is 80.7 cm³/mol. The molecule has 1 aromatic carbocycles. The average Bonchev–Trinajstić information content (AvgIpc) is 2.83. The summed E-state index contributed by atoms with van der Waals surface area (Å²) in [5.41, 5.74) is 0.0446. The third-order valence-electron chi connectivity index (χ3n) is 3.89. The van der Waals surface area contributed by atoms with E-state index in [1.807, 2.05) is 7.05 Å². The highest BCUT2D eigenvalue weighted by Gasteiger charge is 2.25. The molecule has 0 spiro atoms. The van der Waals surface area contributed by atoms with E-state index in [2.05, 4.69) is 4.90 Å². The molecule has 1 amide bonds. The molecule has 114 valence electrons. The highest BCUT2D eigenvalue weighted by atomic mass is 35.5. The van der Waals surface area contributed by atoms with E-state index in [4.69, 9.17) is 11.6 Å². The van der Waals surface area contributed by atoms with Gasteiger partial charge >= 0.3 is 0 Å². The molecular formula is C14H18ClN3O3. The molecule has 6 nitrogen and oxygen atoms in total. The molecule has 1 aliphatic rings. The fourth-order valence-electron chi connectivity index (χ4n) is 2.61. The number of likely N-dealkylation sites (tertiary alicyclic amines) is 1. The van der Waals surface area contributed by atoms with Crippen LogP contribution in [-0.2, 0) is 0 Å². The summed E-state index contributed by atoms with van der Waals surface area (Å²) < 4.78 is 0. The van der Waals surface area contributed by atoms with Crippen LogP contribution in [0.25, 0.3) is 0 Å². The van der Waals surface area contributed by atoms with Gasteiger partial charge in [-0.3, -0.25) is 14.9 Å². The molecule has 0 aliphatic carbocycles. The van der Waals surface area contributed by atoms with Crippen molar-refractivity contribution >= 4 is 23.2 Å². The van der Waals surface area contributed by atoms with Crippen molar-refractivity contribution in [2.45, 2.75) is 18.9 Å². The number of nitro benzene ring substituents is 1. The molecule has 1 heterocycles. The number of likely N-dealkylation sites (N-methyl/N-ethyl adjacent to an activating group) is 2. The minimum absolute atomic E-state index is 0.0368. The van der Waals surface area contributed by atoms with E-state index < -0.39 is 4.92 Å². The first kappa shape index (κ1) is 15.7. The van der Waals surface area contributed by atoms with Gasteiger partial charge in [-0.2, -0.15) is 0 Å². The summed E-state index contributed by atoms with van der Waals surface area (Å²) in [6.07, 6.45) is 2.20. The van der Waals surface area contributed by atoms with Gasteiger partial charge in [0, 0.05) is 31.3 Å². The topological polar surface area (TPSA) is 66.7 Å². The Morgan fingerprint density at radius 3 is 2.86 bits per heavy atom. The van der Waals surface area contributed by atoms with Crippen LogP contribution in [0, 0.1) is 10.1 Å². The molecule has 7 heteroatoms. The second-order valence-electron chi connectivity index (χ2n) is 5.39. The van der Waals surface area contributed by atoms with E-state index in [0.717, 1.165) is 19.4 Å². The lowest BCUT2D eigenvalue weighted by atomic mass is 10.1. The number of halogens is 1. The van der Waals surface area contributed by atoms with Crippen molar-refractivity contribution in [3.63, 3.8) is 0 Å². The molecule has 1 aromatic rings. The lowest BCUT2D eigenvalue weighted by Crippen LogP contribution is -2.39. The Morgan fingerprint density at radius 2 is 2.29 bits per heavy atom. The zero-order valence-electron chi connectivity index (χ0n) is 12.1. The fourth-order valence-corrected chi connectivity index (χ4v) is 2.80. The molecule has 1 unspecified atom stereocenters. The Labute approximate surface area is 128 Å². The number of hydrogen-bond donors (Lipinski definition) is 0. The van der Waals surface area contributed by atoms with E-state index in [0.29, 0.717) is 12.6 Å². The highest BCUT2D eigenvalue weighted by molar-refractivity contribution is 6.32. The number of carbonyl (C=O) groups is 1. The molecule has 21 heavy (non-hydrogen) atoms. The zero-order chi connectivity index (χ0) is 15.6. The van der Waals surface area contributed by atoms with Crippen LogP contribution in [0.15, 0.2) is 18.2 Å². The molecule has 0 bridgehead atoms. The maximum atomic E-state index is 12.4. The zero-order valence-corrected chi connectivity index (χ0v) is 12.8. The van der Waals surface area contributed by atoms with Crippen LogP contribution in [0.2, 0.25) is 5.02 Å². The Hall–Kier alpha value is -1.66. The smallest absolute Gasteiger partial charge is 0.288 e. The van der Waals surface area contributed by atoms with Gasteiger partial charge in [0.2, 0.25) is 0 Å². The first-order chi connectivity index (χ1) is 9.90. The van der Waals surface area contributed by atoms with Crippen LogP contribution in [0.5, 0.6) is 0 Å². The van der Waals surface area contributed by atoms with Gasteiger partial charge in [-0.25, -0.2) is 0 Å². The SMILES string of the molecule is CN(CC1CCCN1C)C(=O)c1ccc(Cl)c([N+](=O)[O-])c1. The number of benzene rings is 1. The summed E-state index contributed by atoms with van der Waals surface area (Å²) >= 11 is 5.76. The Kier molecular flexibility index (Phi) is 4.80. The molecule has 1 fully saturated rings. The summed E-state index contributed by atoms with van der Waals surface area (Å²) in [6, 6.07) is 4.50. The van der Waals surface area contributed by atoms with Gasteiger partial charge in [0.1, 0.15) is 5.02 Å².